The fraction of sp³-hybridized carbons (Fsp3) is 0.350. The molecule has 2 aromatic rings. The summed E-state index contributed by atoms with van der Waals surface area (Å²) in [4.78, 5) is 12.6. The molecule has 5 nitrogen and oxygen atoms in total. The summed E-state index contributed by atoms with van der Waals surface area (Å²) in [6.45, 7) is 1.94. The van der Waals surface area contributed by atoms with E-state index >= 15 is 0 Å². The molecule has 0 radical (unpaired) electrons. The minimum atomic E-state index is -3.58. The number of nitrogens with one attached hydrogen (secondary N) is 2. The summed E-state index contributed by atoms with van der Waals surface area (Å²) < 4.78 is 26.1. The number of hydrogen-bond donors (Lipinski definition) is 2. The Labute approximate surface area is 154 Å². The maximum absolute atomic E-state index is 12.6. The Balaban J connectivity index is 1.76. The van der Waals surface area contributed by atoms with Crippen molar-refractivity contribution in [2.45, 2.75) is 43.5 Å². The molecule has 1 aliphatic carbocycles. The van der Waals surface area contributed by atoms with Gasteiger partial charge in [0, 0.05) is 5.56 Å². The van der Waals surface area contributed by atoms with Gasteiger partial charge in [-0.2, -0.15) is 0 Å². The topological polar surface area (TPSA) is 75.3 Å². The zero-order valence-electron chi connectivity index (χ0n) is 15.1. The van der Waals surface area contributed by atoms with Crippen LogP contribution in [-0.2, 0) is 22.9 Å². The third kappa shape index (κ3) is 3.97. The van der Waals surface area contributed by atoms with Gasteiger partial charge in [-0.3, -0.25) is 4.79 Å². The van der Waals surface area contributed by atoms with E-state index in [1.165, 1.54) is 43.1 Å². The van der Waals surface area contributed by atoms with Crippen molar-refractivity contribution in [1.82, 2.24) is 10.0 Å². The summed E-state index contributed by atoms with van der Waals surface area (Å²) >= 11 is 0. The van der Waals surface area contributed by atoms with E-state index in [1.807, 2.05) is 6.92 Å². The standard InChI is InChI=1S/C20H24N2O3S/c1-14(16-11-10-15-6-3-4-7-17(15)12-16)22-20(23)18-8-5-9-19(13-18)26(24,25)21-2/h5,8-14,21H,3-4,6-7H2,1-2H3,(H,22,23)/t14-/m1/s1. The first-order chi connectivity index (χ1) is 12.4. The highest BCUT2D eigenvalue weighted by Crippen LogP contribution is 2.25. The normalized spacial score (nSPS) is 15.2. The molecule has 138 valence electrons. The molecule has 1 atom stereocenters. The highest BCUT2D eigenvalue weighted by molar-refractivity contribution is 7.89. The van der Waals surface area contributed by atoms with Gasteiger partial charge >= 0.3 is 0 Å². The summed E-state index contributed by atoms with van der Waals surface area (Å²) in [7, 11) is -2.23. The molecule has 0 saturated heterocycles. The highest BCUT2D eigenvalue weighted by atomic mass is 32.2. The van der Waals surface area contributed by atoms with Crippen molar-refractivity contribution in [3.63, 3.8) is 0 Å². The Bertz CT molecular complexity index is 922. The fourth-order valence-corrected chi connectivity index (χ4v) is 4.08. The minimum Gasteiger partial charge on any atom is -0.346 e. The van der Waals surface area contributed by atoms with Crippen molar-refractivity contribution >= 4 is 15.9 Å². The number of carbonyl (C=O) groups excluding carboxylic acids is 1. The summed E-state index contributed by atoms with van der Waals surface area (Å²) in [6, 6.07) is 12.3. The van der Waals surface area contributed by atoms with Crippen molar-refractivity contribution in [2.75, 3.05) is 7.05 Å². The predicted octanol–water partition coefficient (Wildman–Crippen LogP) is 2.96. The van der Waals surface area contributed by atoms with E-state index in [0.29, 0.717) is 5.56 Å². The molecular weight excluding hydrogens is 348 g/mol. The molecule has 0 heterocycles. The Morgan fingerprint density at radius 2 is 1.77 bits per heavy atom. The van der Waals surface area contributed by atoms with Crippen LogP contribution in [-0.4, -0.2) is 21.4 Å². The van der Waals surface area contributed by atoms with E-state index in [0.717, 1.165) is 18.4 Å². The van der Waals surface area contributed by atoms with Crippen molar-refractivity contribution < 1.29 is 13.2 Å². The van der Waals surface area contributed by atoms with Crippen LogP contribution in [0.2, 0.25) is 0 Å². The van der Waals surface area contributed by atoms with Crippen LogP contribution in [0.3, 0.4) is 0 Å². The molecule has 1 aliphatic rings. The molecule has 6 heteroatoms. The van der Waals surface area contributed by atoms with Crippen molar-refractivity contribution in [3.8, 4) is 0 Å². The Kier molecular flexibility index (Phi) is 5.44. The SMILES string of the molecule is CNS(=O)(=O)c1cccc(C(=O)N[C@H](C)c2ccc3c(c2)CCCC3)c1. The van der Waals surface area contributed by atoms with E-state index in [1.54, 1.807) is 12.1 Å². The fourth-order valence-electron chi connectivity index (χ4n) is 3.31. The van der Waals surface area contributed by atoms with Crippen molar-refractivity contribution in [3.05, 3.63) is 64.7 Å². The van der Waals surface area contributed by atoms with Crippen LogP contribution in [0.25, 0.3) is 0 Å². The second kappa shape index (κ2) is 7.60. The molecule has 0 aliphatic heterocycles. The lowest BCUT2D eigenvalue weighted by Gasteiger charge is -2.20. The first-order valence-corrected chi connectivity index (χ1v) is 10.4. The van der Waals surface area contributed by atoms with Crippen LogP contribution < -0.4 is 10.0 Å². The molecule has 2 N–H and O–H groups in total. The number of fused-ring (bicyclic) bond motifs is 1. The molecule has 0 saturated carbocycles. The van der Waals surface area contributed by atoms with Gasteiger partial charge < -0.3 is 5.32 Å². The second-order valence-electron chi connectivity index (χ2n) is 6.67. The van der Waals surface area contributed by atoms with Crippen LogP contribution >= 0.6 is 0 Å². The van der Waals surface area contributed by atoms with Crippen LogP contribution in [0.15, 0.2) is 47.4 Å². The number of rotatable bonds is 5. The van der Waals surface area contributed by atoms with Gasteiger partial charge in [-0.25, -0.2) is 13.1 Å². The van der Waals surface area contributed by atoms with Gasteiger partial charge in [0.25, 0.3) is 5.91 Å². The summed E-state index contributed by atoms with van der Waals surface area (Å²) in [5.41, 5.74) is 4.17. The van der Waals surface area contributed by atoms with Crippen LogP contribution in [0.5, 0.6) is 0 Å². The van der Waals surface area contributed by atoms with Crippen LogP contribution in [0, 0.1) is 0 Å². The average Bonchev–Trinajstić information content (AvgIpc) is 2.67. The van der Waals surface area contributed by atoms with Gasteiger partial charge in [0.1, 0.15) is 0 Å². The number of amides is 1. The third-order valence-corrected chi connectivity index (χ3v) is 6.31. The van der Waals surface area contributed by atoms with Crippen LogP contribution in [0.4, 0.5) is 0 Å². The summed E-state index contributed by atoms with van der Waals surface area (Å²) in [6.07, 6.45) is 4.67. The molecule has 0 unspecified atom stereocenters. The number of sulfonamides is 1. The van der Waals surface area contributed by atoms with E-state index in [4.69, 9.17) is 0 Å². The smallest absolute Gasteiger partial charge is 0.251 e. The largest absolute Gasteiger partial charge is 0.346 e. The van der Waals surface area contributed by atoms with Gasteiger partial charge in [-0.15, -0.1) is 0 Å². The van der Waals surface area contributed by atoms with Crippen LogP contribution in [0.1, 0.15) is 52.9 Å². The molecule has 0 bridgehead atoms. The third-order valence-electron chi connectivity index (χ3n) is 4.90. The molecule has 2 aromatic carbocycles. The molecule has 1 amide bonds. The van der Waals surface area contributed by atoms with E-state index < -0.39 is 10.0 Å². The molecular formula is C20H24N2O3S. The molecule has 0 fully saturated rings. The second-order valence-corrected chi connectivity index (χ2v) is 8.55. The van der Waals surface area contributed by atoms with E-state index in [2.05, 4.69) is 28.2 Å². The number of hydrogen-bond acceptors (Lipinski definition) is 3. The van der Waals surface area contributed by atoms with Gasteiger partial charge in [-0.05, 0) is 74.5 Å². The maximum atomic E-state index is 12.6. The molecule has 26 heavy (non-hydrogen) atoms. The van der Waals surface area contributed by atoms with Crippen molar-refractivity contribution in [1.29, 1.82) is 0 Å². The van der Waals surface area contributed by atoms with Gasteiger partial charge in [-0.1, -0.05) is 24.3 Å². The highest BCUT2D eigenvalue weighted by Gasteiger charge is 2.17. The Morgan fingerprint density at radius 1 is 1.04 bits per heavy atom. The number of aryl methyl sites for hydroxylation is 2. The first kappa shape index (κ1) is 18.6. The summed E-state index contributed by atoms with van der Waals surface area (Å²) in [5, 5.41) is 2.96. The Morgan fingerprint density at radius 3 is 2.50 bits per heavy atom. The predicted molar refractivity (Wildman–Crippen MR) is 102 cm³/mol. The van der Waals surface area contributed by atoms with E-state index in [9.17, 15) is 13.2 Å². The average molecular weight is 372 g/mol. The molecule has 3 rings (SSSR count). The zero-order chi connectivity index (χ0) is 18.7. The maximum Gasteiger partial charge on any atom is 0.251 e. The van der Waals surface area contributed by atoms with E-state index in [-0.39, 0.29) is 16.8 Å². The lowest BCUT2D eigenvalue weighted by atomic mass is 9.89. The lowest BCUT2D eigenvalue weighted by molar-refractivity contribution is 0.0939. The van der Waals surface area contributed by atoms with Gasteiger partial charge in [0.15, 0.2) is 0 Å². The van der Waals surface area contributed by atoms with Crippen molar-refractivity contribution in [2.24, 2.45) is 0 Å². The quantitative estimate of drug-likeness (QED) is 0.847. The Hall–Kier alpha value is -2.18. The first-order valence-electron chi connectivity index (χ1n) is 8.87. The summed E-state index contributed by atoms with van der Waals surface area (Å²) in [5.74, 6) is -0.289. The lowest BCUT2D eigenvalue weighted by Crippen LogP contribution is -2.27. The monoisotopic (exact) mass is 372 g/mol. The zero-order valence-corrected chi connectivity index (χ0v) is 15.9. The number of carbonyl (C=O) groups is 1. The number of benzene rings is 2. The minimum absolute atomic E-state index is 0.0779. The molecule has 0 spiro atoms. The van der Waals surface area contributed by atoms with Gasteiger partial charge in [0.2, 0.25) is 10.0 Å². The molecule has 0 aromatic heterocycles. The van der Waals surface area contributed by atoms with Gasteiger partial charge in [0.05, 0.1) is 10.9 Å².